The Bertz CT molecular complexity index is 2200. The molecule has 28 nitrogen and oxygen atoms in total. The molecule has 17 N–H and O–H groups in total. The van der Waals surface area contributed by atoms with E-state index in [0.29, 0.717) is 43.4 Å². The smallest absolute Gasteiger partial charge is 0.187 e. The quantitative estimate of drug-likeness (QED) is 0.0569. The predicted molar refractivity (Wildman–Crippen MR) is 278 cm³/mol. The van der Waals surface area contributed by atoms with Crippen LogP contribution in [0.4, 0.5) is 0 Å². The van der Waals surface area contributed by atoms with E-state index in [1.807, 2.05) is 6.92 Å². The fraction of sp³-hybridized carbons (Fsp3) is 0.964. The highest BCUT2D eigenvalue weighted by atomic mass is 16.8. The largest absolute Gasteiger partial charge is 0.394 e. The Kier molecular flexibility index (Phi) is 20.4. The lowest BCUT2D eigenvalue weighted by atomic mass is 9.47. The number of hydrogen-bond donors (Lipinski definition) is 17. The second kappa shape index (κ2) is 26.1. The van der Waals surface area contributed by atoms with Gasteiger partial charge in [0.1, 0.15) is 116 Å². The maximum atomic E-state index is 12.1. The molecule has 0 aromatic rings. The number of allylic oxidation sites excluding steroid dienone is 1. The van der Waals surface area contributed by atoms with Gasteiger partial charge in [0.25, 0.3) is 0 Å². The third-order valence-corrected chi connectivity index (χ3v) is 21.3. The third-order valence-electron chi connectivity index (χ3n) is 21.3. The summed E-state index contributed by atoms with van der Waals surface area (Å²) in [4.78, 5) is 0. The van der Waals surface area contributed by atoms with Gasteiger partial charge >= 0.3 is 0 Å². The highest BCUT2D eigenvalue weighted by Crippen LogP contribution is 2.70. The Balaban J connectivity index is 0.772. The minimum Gasteiger partial charge on any atom is -0.394 e. The first-order valence-corrected chi connectivity index (χ1v) is 30.0. The molecule has 0 spiro atoms. The molecule has 4 aliphatic carbocycles. The maximum Gasteiger partial charge on any atom is 0.187 e. The van der Waals surface area contributed by atoms with Crippen molar-refractivity contribution in [1.82, 2.24) is 0 Å². The second-order valence-corrected chi connectivity index (χ2v) is 26.2. The SMILES string of the molecule is C[C@H](CCC1(O)O[C@H]2C[C@H]3[C@@H]4CC=C5C[C@@H](O[C@@H]6O[C@H](CO)[C@H](O[C@@H]7O[C@H](CO)[C@@H](O)[C@H](O[C@@H]8OC[C@@H](O)[C@H](O)[C@H]8O)[C@H]7O[C@@H]7O[C@H](CO)[C@@H](O)[C@H](O)[C@H]7O)[C@H](O)[C@H]6O)CC[C@]5(C)[C@H]4CC[C@]3(C)[C@H]2[C@@H]1C)CO[C@@H]1O[C@H](CO)[C@@H](O)[C@H](O)[C@H]1O. The summed E-state index contributed by atoms with van der Waals surface area (Å²) in [6, 6.07) is 0. The summed E-state index contributed by atoms with van der Waals surface area (Å²) in [6.45, 7) is 5.17. The van der Waals surface area contributed by atoms with Gasteiger partial charge in [-0.15, -0.1) is 0 Å². The molecule has 28 heteroatoms. The van der Waals surface area contributed by atoms with E-state index in [-0.39, 0.29) is 41.3 Å². The van der Waals surface area contributed by atoms with Gasteiger partial charge < -0.3 is 139 Å². The molecule has 0 radical (unpaired) electrons. The molecule has 10 rings (SSSR count). The molecule has 6 heterocycles. The molecular formula is C56H92O28. The summed E-state index contributed by atoms with van der Waals surface area (Å²) in [6.07, 6.45) is -32.5. The van der Waals surface area contributed by atoms with Crippen molar-refractivity contribution in [3.05, 3.63) is 11.6 Å². The van der Waals surface area contributed by atoms with Crippen LogP contribution >= 0.6 is 0 Å². The molecule has 0 aromatic carbocycles. The molecule has 1 unspecified atom stereocenters. The molecule has 484 valence electrons. The van der Waals surface area contributed by atoms with Gasteiger partial charge in [-0.25, -0.2) is 0 Å². The molecule has 9 fully saturated rings. The molecule has 0 amide bonds. The third kappa shape index (κ3) is 12.0. The van der Waals surface area contributed by atoms with Gasteiger partial charge in [-0.3, -0.25) is 0 Å². The van der Waals surface area contributed by atoms with E-state index in [1.54, 1.807) is 0 Å². The van der Waals surface area contributed by atoms with Gasteiger partial charge in [-0.2, -0.15) is 0 Å². The minimum atomic E-state index is -2.03. The Morgan fingerprint density at radius 1 is 0.583 bits per heavy atom. The van der Waals surface area contributed by atoms with Crippen LogP contribution in [0, 0.1) is 46.3 Å². The van der Waals surface area contributed by atoms with Crippen molar-refractivity contribution in [3.8, 4) is 0 Å². The first kappa shape index (κ1) is 65.6. The van der Waals surface area contributed by atoms with E-state index in [4.69, 9.17) is 52.1 Å². The second-order valence-electron chi connectivity index (χ2n) is 26.2. The van der Waals surface area contributed by atoms with Crippen molar-refractivity contribution in [3.63, 3.8) is 0 Å². The predicted octanol–water partition coefficient (Wildman–Crippen LogP) is -5.57. The lowest BCUT2D eigenvalue weighted by molar-refractivity contribution is -0.403. The van der Waals surface area contributed by atoms with Crippen LogP contribution in [0.2, 0.25) is 0 Å². The zero-order chi connectivity index (χ0) is 60.6. The zero-order valence-electron chi connectivity index (χ0n) is 47.8. The molecule has 84 heavy (non-hydrogen) atoms. The summed E-state index contributed by atoms with van der Waals surface area (Å²) in [5.41, 5.74) is 0.974. The number of aliphatic hydroxyl groups excluding tert-OH is 16. The van der Waals surface area contributed by atoms with E-state index in [0.717, 1.165) is 32.1 Å². The highest BCUT2D eigenvalue weighted by molar-refractivity contribution is 5.26. The zero-order valence-corrected chi connectivity index (χ0v) is 47.8. The van der Waals surface area contributed by atoms with Crippen LogP contribution < -0.4 is 0 Å². The average Bonchev–Trinajstić information content (AvgIpc) is 2.08. The summed E-state index contributed by atoms with van der Waals surface area (Å²) in [5, 5.41) is 182. The van der Waals surface area contributed by atoms with E-state index in [9.17, 15) is 86.8 Å². The normalized spacial score (nSPS) is 54.4. The van der Waals surface area contributed by atoms with Crippen molar-refractivity contribution >= 4 is 0 Å². The van der Waals surface area contributed by atoms with Crippen LogP contribution in [-0.2, 0) is 52.1 Å². The van der Waals surface area contributed by atoms with Crippen molar-refractivity contribution in [2.45, 2.75) is 251 Å². The van der Waals surface area contributed by atoms with E-state index < -0.39 is 192 Å². The molecule has 10 aliphatic rings. The Morgan fingerprint density at radius 3 is 1.81 bits per heavy atom. The Morgan fingerprint density at radius 2 is 1.14 bits per heavy atom. The molecule has 0 bridgehead atoms. The first-order chi connectivity index (χ1) is 39.8. The van der Waals surface area contributed by atoms with Crippen LogP contribution in [0.3, 0.4) is 0 Å². The monoisotopic (exact) mass is 1210 g/mol. The van der Waals surface area contributed by atoms with Gasteiger partial charge in [0, 0.05) is 12.3 Å². The maximum absolute atomic E-state index is 12.1. The Hall–Kier alpha value is -1.38. The standard InChI is InChI=1S/C56H92O28/c1-21(19-74-49-43(70)39(66)36(63)30(15-57)77-49)7-12-56(73)22(2)34-29(84-56)14-27-25-6-5-23-13-24(8-10-54(23,3)26(25)9-11-55(27,34)4)76-51-45(72)41(68)46(33(18-60)80-51)81-53-48(83-52-44(71)40(67)37(64)31(16-58)78-52)47(38(65)32(17-59)79-53)82-50-42(69)35(62)28(61)20-75-50/h5,21-22,24-53,57-73H,6-20H2,1-4H3/t21-,22+,24+,25-,26+,27+,28-,29+,30-,31-,32-,33-,34+,35+,36-,37-,38-,39+,40+,41-,42-,43-,44-,45-,46+,47+,48-,49-,50+,51-,52+,53+,54+,55+,56?/m1/s1. The summed E-state index contributed by atoms with van der Waals surface area (Å²) in [7, 11) is 0. The van der Waals surface area contributed by atoms with E-state index in [2.05, 4.69) is 26.8 Å². The van der Waals surface area contributed by atoms with Gasteiger partial charge in [-0.05, 0) is 91.8 Å². The van der Waals surface area contributed by atoms with Crippen LogP contribution in [0.15, 0.2) is 11.6 Å². The van der Waals surface area contributed by atoms with Crippen molar-refractivity contribution in [1.29, 1.82) is 0 Å². The molecule has 6 saturated heterocycles. The molecule has 3 saturated carbocycles. The molecule has 35 atom stereocenters. The molecule has 0 aromatic heterocycles. The topological polar surface area (TPSA) is 445 Å². The van der Waals surface area contributed by atoms with Gasteiger partial charge in [0.2, 0.25) is 0 Å². The number of rotatable bonds is 18. The van der Waals surface area contributed by atoms with Crippen molar-refractivity contribution in [2.24, 2.45) is 46.3 Å². The van der Waals surface area contributed by atoms with Crippen molar-refractivity contribution < 1.29 is 139 Å². The molecular weight excluding hydrogens is 1120 g/mol. The minimum absolute atomic E-state index is 0.0857. The summed E-state index contributed by atoms with van der Waals surface area (Å²) in [5.74, 6) is -0.410. The van der Waals surface area contributed by atoms with Gasteiger partial charge in [0.15, 0.2) is 37.2 Å². The lowest BCUT2D eigenvalue weighted by Gasteiger charge is -2.58. The number of ether oxygens (including phenoxy) is 11. The molecule has 6 aliphatic heterocycles. The van der Waals surface area contributed by atoms with Gasteiger partial charge in [-0.1, -0.05) is 39.3 Å². The first-order valence-electron chi connectivity index (χ1n) is 30.0. The number of fused-ring (bicyclic) bond motifs is 7. The van der Waals surface area contributed by atoms with Crippen LogP contribution in [0.1, 0.15) is 85.5 Å². The number of aliphatic hydroxyl groups is 17. The summed E-state index contributed by atoms with van der Waals surface area (Å²) < 4.78 is 65.8. The lowest BCUT2D eigenvalue weighted by Crippen LogP contribution is -2.68. The van der Waals surface area contributed by atoms with Crippen LogP contribution in [0.25, 0.3) is 0 Å². The fourth-order valence-electron chi connectivity index (χ4n) is 16.2. The highest BCUT2D eigenvalue weighted by Gasteiger charge is 2.68. The van der Waals surface area contributed by atoms with Crippen LogP contribution in [-0.4, -0.2) is 292 Å². The summed E-state index contributed by atoms with van der Waals surface area (Å²) >= 11 is 0. The number of hydrogen-bond acceptors (Lipinski definition) is 28. The average molecular weight is 1210 g/mol. The van der Waals surface area contributed by atoms with Crippen molar-refractivity contribution in [2.75, 3.05) is 39.6 Å². The van der Waals surface area contributed by atoms with E-state index >= 15 is 0 Å². The van der Waals surface area contributed by atoms with E-state index in [1.165, 1.54) is 5.57 Å². The van der Waals surface area contributed by atoms with Gasteiger partial charge in [0.05, 0.1) is 51.8 Å². The Labute approximate surface area is 486 Å². The van der Waals surface area contributed by atoms with Crippen LogP contribution in [0.5, 0.6) is 0 Å². The fourth-order valence-corrected chi connectivity index (χ4v) is 16.2.